The molecule has 8 heteroatoms. The molecule has 0 unspecified atom stereocenters. The maximum absolute atomic E-state index is 11.9. The van der Waals surface area contributed by atoms with Gasteiger partial charge in [-0.05, 0) is 35.7 Å². The molecule has 0 radical (unpaired) electrons. The first-order valence-corrected chi connectivity index (χ1v) is 8.68. The molecule has 0 fully saturated rings. The Morgan fingerprint density at radius 2 is 1.88 bits per heavy atom. The summed E-state index contributed by atoms with van der Waals surface area (Å²) >= 11 is 4.49. The molecule has 0 atom stereocenters. The first kappa shape index (κ1) is 18.2. The van der Waals surface area contributed by atoms with Crippen molar-refractivity contribution in [2.24, 2.45) is 0 Å². The molecule has 1 aromatic carbocycles. The molecule has 0 saturated heterocycles. The van der Waals surface area contributed by atoms with Crippen LogP contribution >= 0.6 is 27.3 Å². The number of carbonyl (C=O) groups excluding carboxylic acids is 3. The highest BCUT2D eigenvalue weighted by Gasteiger charge is 2.15. The number of rotatable bonds is 6. The molecule has 1 aromatic heterocycles. The topological polar surface area (TPSA) is 84.5 Å². The van der Waals surface area contributed by atoms with Gasteiger partial charge in [-0.1, -0.05) is 15.9 Å². The van der Waals surface area contributed by atoms with E-state index < -0.39 is 5.97 Å². The van der Waals surface area contributed by atoms with Crippen molar-refractivity contribution in [3.05, 3.63) is 50.6 Å². The van der Waals surface area contributed by atoms with Crippen LogP contribution < -0.4 is 10.6 Å². The van der Waals surface area contributed by atoms with Gasteiger partial charge in [0.2, 0.25) is 5.91 Å². The molecule has 0 bridgehead atoms. The van der Waals surface area contributed by atoms with Crippen LogP contribution in [0.1, 0.15) is 26.5 Å². The molecule has 0 spiro atoms. The lowest BCUT2D eigenvalue weighted by atomic mass is 10.2. The fourth-order valence-corrected chi connectivity index (χ4v) is 2.89. The van der Waals surface area contributed by atoms with E-state index in [1.165, 1.54) is 18.4 Å². The smallest absolute Gasteiger partial charge is 0.350 e. The van der Waals surface area contributed by atoms with Crippen LogP contribution in [0.25, 0.3) is 0 Å². The molecule has 126 valence electrons. The second-order valence-corrected chi connectivity index (χ2v) is 6.55. The minimum atomic E-state index is -0.496. The first-order valence-electron chi connectivity index (χ1n) is 7.00. The van der Waals surface area contributed by atoms with Crippen molar-refractivity contribution in [3.63, 3.8) is 0 Å². The highest BCUT2D eigenvalue weighted by molar-refractivity contribution is 9.10. The molecule has 2 aromatic rings. The number of hydrogen-bond donors (Lipinski definition) is 2. The third-order valence-corrected chi connectivity index (χ3v) is 4.48. The minimum Gasteiger partial charge on any atom is -0.465 e. The van der Waals surface area contributed by atoms with E-state index in [1.807, 2.05) is 0 Å². The molecule has 6 nitrogen and oxygen atoms in total. The average molecular weight is 411 g/mol. The standard InChI is InChI=1S/C16H15BrN2O4S/c1-23-16(22)14-12(7-9-24-14)19-13(20)6-8-18-15(21)10-2-4-11(17)5-3-10/h2-5,7,9H,6,8H2,1H3,(H,18,21)(H,19,20). The van der Waals surface area contributed by atoms with Crippen LogP contribution in [0.2, 0.25) is 0 Å². The van der Waals surface area contributed by atoms with Gasteiger partial charge in [0, 0.05) is 23.0 Å². The van der Waals surface area contributed by atoms with E-state index in [4.69, 9.17) is 0 Å². The Morgan fingerprint density at radius 1 is 1.17 bits per heavy atom. The molecule has 0 aliphatic rings. The fraction of sp³-hybridized carbons (Fsp3) is 0.188. The second kappa shape index (κ2) is 8.60. The number of methoxy groups -OCH3 is 1. The van der Waals surface area contributed by atoms with Crippen LogP contribution in [0.3, 0.4) is 0 Å². The lowest BCUT2D eigenvalue weighted by Gasteiger charge is -2.07. The number of nitrogens with one attached hydrogen (secondary N) is 2. The molecule has 0 aliphatic carbocycles. The van der Waals surface area contributed by atoms with Gasteiger partial charge < -0.3 is 15.4 Å². The monoisotopic (exact) mass is 410 g/mol. The fourth-order valence-electron chi connectivity index (χ4n) is 1.86. The van der Waals surface area contributed by atoms with Gasteiger partial charge >= 0.3 is 5.97 Å². The second-order valence-electron chi connectivity index (χ2n) is 4.72. The summed E-state index contributed by atoms with van der Waals surface area (Å²) in [7, 11) is 1.28. The van der Waals surface area contributed by atoms with E-state index in [-0.39, 0.29) is 24.8 Å². The normalized spacial score (nSPS) is 10.1. The number of hydrogen-bond acceptors (Lipinski definition) is 5. The third kappa shape index (κ3) is 4.90. The van der Waals surface area contributed by atoms with Crippen molar-refractivity contribution >= 4 is 50.7 Å². The van der Waals surface area contributed by atoms with E-state index in [0.717, 1.165) is 4.47 Å². The zero-order valence-electron chi connectivity index (χ0n) is 12.8. The Hall–Kier alpha value is -2.19. The van der Waals surface area contributed by atoms with E-state index >= 15 is 0 Å². The van der Waals surface area contributed by atoms with Crippen LogP contribution in [0.15, 0.2) is 40.2 Å². The number of ether oxygens (including phenoxy) is 1. The predicted molar refractivity (Wildman–Crippen MR) is 95.4 cm³/mol. The average Bonchev–Trinajstić information content (AvgIpc) is 3.02. The van der Waals surface area contributed by atoms with E-state index in [9.17, 15) is 14.4 Å². The number of anilines is 1. The van der Waals surface area contributed by atoms with Crippen molar-refractivity contribution in [2.75, 3.05) is 19.0 Å². The Balaban J connectivity index is 1.81. The van der Waals surface area contributed by atoms with Crippen LogP contribution in [0, 0.1) is 0 Å². The van der Waals surface area contributed by atoms with Gasteiger partial charge in [-0.25, -0.2) is 4.79 Å². The molecule has 2 N–H and O–H groups in total. The van der Waals surface area contributed by atoms with E-state index in [2.05, 4.69) is 31.3 Å². The summed E-state index contributed by atoms with van der Waals surface area (Å²) in [6.45, 7) is 0.193. The Kier molecular flexibility index (Phi) is 6.51. The van der Waals surface area contributed by atoms with Crippen LogP contribution in [0.5, 0.6) is 0 Å². The number of carbonyl (C=O) groups is 3. The Labute approximate surface area is 151 Å². The zero-order valence-corrected chi connectivity index (χ0v) is 15.2. The zero-order chi connectivity index (χ0) is 17.5. The third-order valence-electron chi connectivity index (χ3n) is 3.05. The number of thiophene rings is 1. The van der Waals surface area contributed by atoms with Crippen molar-refractivity contribution in [1.82, 2.24) is 5.32 Å². The maximum atomic E-state index is 11.9. The summed E-state index contributed by atoms with van der Waals surface area (Å²) in [6, 6.07) is 8.55. The Morgan fingerprint density at radius 3 is 2.54 bits per heavy atom. The molecular formula is C16H15BrN2O4S. The van der Waals surface area contributed by atoms with E-state index in [1.54, 1.807) is 35.7 Å². The highest BCUT2D eigenvalue weighted by atomic mass is 79.9. The van der Waals surface area contributed by atoms with Gasteiger partial charge in [-0.3, -0.25) is 9.59 Å². The highest BCUT2D eigenvalue weighted by Crippen LogP contribution is 2.23. The summed E-state index contributed by atoms with van der Waals surface area (Å²) < 4.78 is 5.53. The molecular weight excluding hydrogens is 396 g/mol. The quantitative estimate of drug-likeness (QED) is 0.716. The van der Waals surface area contributed by atoms with Crippen LogP contribution in [-0.4, -0.2) is 31.4 Å². The molecule has 1 heterocycles. The number of esters is 1. The van der Waals surface area contributed by atoms with Gasteiger partial charge in [-0.15, -0.1) is 11.3 Å². The lowest BCUT2D eigenvalue weighted by Crippen LogP contribution is -2.27. The van der Waals surface area contributed by atoms with Gasteiger partial charge in [0.05, 0.1) is 12.8 Å². The summed E-state index contributed by atoms with van der Waals surface area (Å²) in [4.78, 5) is 35.7. The van der Waals surface area contributed by atoms with Crippen molar-refractivity contribution in [2.45, 2.75) is 6.42 Å². The van der Waals surface area contributed by atoms with Crippen LogP contribution in [-0.2, 0) is 9.53 Å². The predicted octanol–water partition coefficient (Wildman–Crippen LogP) is 3.06. The van der Waals surface area contributed by atoms with Gasteiger partial charge in [0.1, 0.15) is 4.88 Å². The Bertz CT molecular complexity index is 743. The molecule has 24 heavy (non-hydrogen) atoms. The first-order chi connectivity index (χ1) is 11.5. The van der Waals surface area contributed by atoms with Crippen molar-refractivity contribution in [3.8, 4) is 0 Å². The van der Waals surface area contributed by atoms with Crippen LogP contribution in [0.4, 0.5) is 5.69 Å². The molecule has 2 rings (SSSR count). The maximum Gasteiger partial charge on any atom is 0.350 e. The largest absolute Gasteiger partial charge is 0.465 e. The summed E-state index contributed by atoms with van der Waals surface area (Å²) in [5, 5.41) is 7.00. The summed E-state index contributed by atoms with van der Waals surface area (Å²) in [6.07, 6.45) is 0.0960. The summed E-state index contributed by atoms with van der Waals surface area (Å²) in [5.74, 6) is -1.04. The van der Waals surface area contributed by atoms with Gasteiger partial charge in [0.25, 0.3) is 5.91 Å². The van der Waals surface area contributed by atoms with Gasteiger partial charge in [-0.2, -0.15) is 0 Å². The molecule has 2 amide bonds. The molecule has 0 saturated carbocycles. The van der Waals surface area contributed by atoms with E-state index in [0.29, 0.717) is 16.1 Å². The molecule has 0 aliphatic heterocycles. The minimum absolute atomic E-state index is 0.0960. The van der Waals surface area contributed by atoms with Gasteiger partial charge in [0.15, 0.2) is 0 Å². The van der Waals surface area contributed by atoms with Crippen molar-refractivity contribution < 1.29 is 19.1 Å². The number of benzene rings is 1. The lowest BCUT2D eigenvalue weighted by molar-refractivity contribution is -0.116. The number of amides is 2. The summed E-state index contributed by atoms with van der Waals surface area (Å²) in [5.41, 5.74) is 0.931. The van der Waals surface area contributed by atoms with Crippen molar-refractivity contribution in [1.29, 1.82) is 0 Å². The SMILES string of the molecule is COC(=O)c1sccc1NC(=O)CCNC(=O)c1ccc(Br)cc1. The number of halogens is 1.